The van der Waals surface area contributed by atoms with Gasteiger partial charge in [0.1, 0.15) is 6.67 Å². The summed E-state index contributed by atoms with van der Waals surface area (Å²) in [6.45, 7) is -0.501. The number of alkyl halides is 1. The first-order valence-electron chi connectivity index (χ1n) is 3.78. The van der Waals surface area contributed by atoms with Crippen molar-refractivity contribution in [2.45, 2.75) is 5.75 Å². The fraction of sp³-hybridized carbons (Fsp3) is 0.333. The van der Waals surface area contributed by atoms with Crippen LogP contribution in [0.2, 0.25) is 0 Å². The lowest BCUT2D eigenvalue weighted by atomic mass is 10.2. The van der Waals surface area contributed by atoms with Gasteiger partial charge in [-0.15, -0.1) is 0 Å². The summed E-state index contributed by atoms with van der Waals surface area (Å²) in [5.74, 6) is 0.611. The lowest BCUT2D eigenvalue weighted by Crippen LogP contribution is -2.01. The highest BCUT2D eigenvalue weighted by atomic mass is 32.2. The normalized spacial score (nSPS) is 12.8. The third-order valence-electron chi connectivity index (χ3n) is 1.48. The maximum atomic E-state index is 11.8. The molecule has 3 heteroatoms. The Morgan fingerprint density at radius 2 is 1.92 bits per heavy atom. The lowest BCUT2D eigenvalue weighted by Gasteiger charge is -1.98. The highest BCUT2D eigenvalue weighted by Gasteiger charge is 1.99. The Balaban J connectivity index is 2.47. The van der Waals surface area contributed by atoms with Crippen molar-refractivity contribution in [1.29, 1.82) is 0 Å². The molecule has 1 rings (SSSR count). The summed E-state index contributed by atoms with van der Waals surface area (Å²) in [7, 11) is -1.05. The zero-order valence-electron chi connectivity index (χ0n) is 6.70. The predicted octanol–water partition coefficient (Wildman–Crippen LogP) is 1.90. The molecule has 1 unspecified atom stereocenters. The maximum absolute atomic E-state index is 11.8. The molecule has 0 saturated carbocycles. The molecule has 1 atom stereocenters. The van der Waals surface area contributed by atoms with E-state index in [4.69, 9.17) is 0 Å². The quantitative estimate of drug-likeness (QED) is 0.702. The molecule has 1 aromatic rings. The van der Waals surface area contributed by atoms with E-state index in [1.165, 1.54) is 0 Å². The van der Waals surface area contributed by atoms with Crippen LogP contribution >= 0.6 is 0 Å². The van der Waals surface area contributed by atoms with Crippen LogP contribution in [-0.4, -0.2) is 16.6 Å². The zero-order valence-corrected chi connectivity index (χ0v) is 7.52. The molecule has 0 aliphatic heterocycles. The molecule has 0 aromatic heterocycles. The van der Waals surface area contributed by atoms with E-state index in [0.29, 0.717) is 5.75 Å². The molecule has 0 saturated heterocycles. The summed E-state index contributed by atoms with van der Waals surface area (Å²) in [4.78, 5) is 0. The Hall–Kier alpha value is -0.700. The van der Waals surface area contributed by atoms with Crippen molar-refractivity contribution < 1.29 is 8.60 Å². The van der Waals surface area contributed by atoms with Crippen molar-refractivity contribution >= 4 is 10.8 Å². The van der Waals surface area contributed by atoms with E-state index in [1.54, 1.807) is 0 Å². The molecule has 0 amide bonds. The average Bonchev–Trinajstić information content (AvgIpc) is 2.06. The Labute approximate surface area is 74.1 Å². The number of hydrogen-bond donors (Lipinski definition) is 0. The van der Waals surface area contributed by atoms with E-state index in [-0.39, 0.29) is 5.75 Å². The van der Waals surface area contributed by atoms with E-state index in [9.17, 15) is 8.60 Å². The minimum Gasteiger partial charge on any atom is -0.259 e. The van der Waals surface area contributed by atoms with Crippen LogP contribution in [0.5, 0.6) is 0 Å². The molecule has 0 spiro atoms. The molecule has 12 heavy (non-hydrogen) atoms. The Bertz CT molecular complexity index is 248. The van der Waals surface area contributed by atoms with Crippen molar-refractivity contribution in [2.75, 3.05) is 12.4 Å². The van der Waals surface area contributed by atoms with Crippen molar-refractivity contribution in [2.24, 2.45) is 0 Å². The largest absolute Gasteiger partial charge is 0.259 e. The van der Waals surface area contributed by atoms with Gasteiger partial charge in [0.15, 0.2) is 0 Å². The smallest absolute Gasteiger partial charge is 0.101 e. The number of benzene rings is 1. The van der Waals surface area contributed by atoms with Crippen LogP contribution in [0.1, 0.15) is 5.56 Å². The molecule has 1 aromatic carbocycles. The summed E-state index contributed by atoms with van der Waals surface area (Å²) in [6, 6.07) is 9.48. The van der Waals surface area contributed by atoms with Gasteiger partial charge in [-0.05, 0) is 5.56 Å². The predicted molar refractivity (Wildman–Crippen MR) is 49.1 cm³/mol. The second-order valence-electron chi connectivity index (χ2n) is 2.46. The van der Waals surface area contributed by atoms with Crippen LogP contribution in [-0.2, 0) is 16.6 Å². The Kier molecular flexibility index (Phi) is 3.94. The molecule has 0 heterocycles. The molecule has 0 aliphatic carbocycles. The first-order chi connectivity index (χ1) is 5.83. The van der Waals surface area contributed by atoms with Crippen LogP contribution in [0.15, 0.2) is 30.3 Å². The third-order valence-corrected chi connectivity index (χ3v) is 2.74. The lowest BCUT2D eigenvalue weighted by molar-refractivity contribution is 0.528. The first kappa shape index (κ1) is 9.39. The number of hydrogen-bond acceptors (Lipinski definition) is 1. The van der Waals surface area contributed by atoms with Gasteiger partial charge in [-0.3, -0.25) is 8.60 Å². The van der Waals surface area contributed by atoms with Crippen molar-refractivity contribution in [3.63, 3.8) is 0 Å². The summed E-state index contributed by atoms with van der Waals surface area (Å²) < 4.78 is 22.8. The van der Waals surface area contributed by atoms with Crippen LogP contribution in [0, 0.1) is 0 Å². The maximum Gasteiger partial charge on any atom is 0.101 e. The summed E-state index contributed by atoms with van der Waals surface area (Å²) >= 11 is 0. The highest BCUT2D eigenvalue weighted by Crippen LogP contribution is 2.02. The minimum absolute atomic E-state index is 0.148. The van der Waals surface area contributed by atoms with E-state index >= 15 is 0 Å². The van der Waals surface area contributed by atoms with E-state index < -0.39 is 17.5 Å². The van der Waals surface area contributed by atoms with E-state index in [0.717, 1.165) is 5.56 Å². The highest BCUT2D eigenvalue weighted by molar-refractivity contribution is 7.84. The molecular formula is C9H11FOS. The molecule has 0 bridgehead atoms. The van der Waals surface area contributed by atoms with Crippen molar-refractivity contribution in [1.82, 2.24) is 0 Å². The van der Waals surface area contributed by atoms with E-state index in [1.807, 2.05) is 30.3 Å². The average molecular weight is 186 g/mol. The van der Waals surface area contributed by atoms with Gasteiger partial charge >= 0.3 is 0 Å². The van der Waals surface area contributed by atoms with Crippen LogP contribution in [0.25, 0.3) is 0 Å². The van der Waals surface area contributed by atoms with Gasteiger partial charge in [-0.25, -0.2) is 0 Å². The second-order valence-corrected chi connectivity index (χ2v) is 4.04. The van der Waals surface area contributed by atoms with Crippen LogP contribution < -0.4 is 0 Å². The van der Waals surface area contributed by atoms with Crippen LogP contribution in [0.3, 0.4) is 0 Å². The molecular weight excluding hydrogens is 175 g/mol. The Morgan fingerprint density at radius 1 is 1.25 bits per heavy atom. The summed E-state index contributed by atoms with van der Waals surface area (Å²) in [5.41, 5.74) is 1.00. The summed E-state index contributed by atoms with van der Waals surface area (Å²) in [6.07, 6.45) is 0. The number of halogens is 1. The van der Waals surface area contributed by atoms with Gasteiger partial charge < -0.3 is 0 Å². The van der Waals surface area contributed by atoms with Gasteiger partial charge in [0, 0.05) is 16.6 Å². The van der Waals surface area contributed by atoms with Crippen molar-refractivity contribution in [3.8, 4) is 0 Å². The third kappa shape index (κ3) is 3.13. The molecule has 0 N–H and O–H groups in total. The molecule has 66 valence electrons. The van der Waals surface area contributed by atoms with Gasteiger partial charge in [0.2, 0.25) is 0 Å². The fourth-order valence-electron chi connectivity index (χ4n) is 0.918. The Morgan fingerprint density at radius 3 is 2.50 bits per heavy atom. The summed E-state index contributed by atoms with van der Waals surface area (Å²) in [5, 5.41) is 0. The van der Waals surface area contributed by atoms with Gasteiger partial charge in [-0.1, -0.05) is 30.3 Å². The fourth-order valence-corrected chi connectivity index (χ4v) is 1.80. The second kappa shape index (κ2) is 5.04. The van der Waals surface area contributed by atoms with Crippen molar-refractivity contribution in [3.05, 3.63) is 35.9 Å². The zero-order chi connectivity index (χ0) is 8.81. The van der Waals surface area contributed by atoms with Gasteiger partial charge in [-0.2, -0.15) is 0 Å². The molecule has 0 radical (unpaired) electrons. The van der Waals surface area contributed by atoms with E-state index in [2.05, 4.69) is 0 Å². The van der Waals surface area contributed by atoms with Crippen LogP contribution in [0.4, 0.5) is 4.39 Å². The molecule has 0 aliphatic rings. The SMILES string of the molecule is O=S(CCF)Cc1ccccc1. The molecule has 1 nitrogen and oxygen atoms in total. The first-order valence-corrected chi connectivity index (χ1v) is 5.26. The monoisotopic (exact) mass is 186 g/mol. The topological polar surface area (TPSA) is 17.1 Å². The number of rotatable bonds is 4. The standard InChI is InChI=1S/C9H11FOS/c10-6-7-12(11)8-9-4-2-1-3-5-9/h1-5H,6-8H2. The van der Waals surface area contributed by atoms with Gasteiger partial charge in [0.25, 0.3) is 0 Å². The van der Waals surface area contributed by atoms with Gasteiger partial charge in [0.05, 0.1) is 5.75 Å². The molecule has 0 fully saturated rings. The minimum atomic E-state index is -1.05.